The molecule has 0 saturated heterocycles. The zero-order chi connectivity index (χ0) is 17.0. The minimum Gasteiger partial charge on any atom is -0.360 e. The second kappa shape index (κ2) is 6.40. The molecule has 0 spiro atoms. The van der Waals surface area contributed by atoms with E-state index in [0.29, 0.717) is 5.76 Å². The number of carbonyl (C=O) groups is 2. The van der Waals surface area contributed by atoms with Gasteiger partial charge in [-0.1, -0.05) is 32.0 Å². The van der Waals surface area contributed by atoms with Crippen LogP contribution in [0.5, 0.6) is 0 Å². The van der Waals surface area contributed by atoms with Crippen LogP contribution in [-0.2, 0) is 10.2 Å². The molecule has 1 N–H and O–H groups in total. The number of carbonyl (C=O) groups excluding carboxylic acids is 2. The van der Waals surface area contributed by atoms with Crippen LogP contribution in [0.2, 0.25) is 0 Å². The third-order valence-electron chi connectivity index (χ3n) is 3.07. The average molecular weight is 312 g/mol. The van der Waals surface area contributed by atoms with Gasteiger partial charge in [0.25, 0.3) is 5.91 Å². The summed E-state index contributed by atoms with van der Waals surface area (Å²) in [5.74, 6) is -2.21. The molecule has 2 aromatic heterocycles. The molecule has 23 heavy (non-hydrogen) atoms. The SMILES string of the molecule is CC(C)(C)c1cc(C(=O)C(C#N)C(=O)Nc2ccccn2)no1. The fraction of sp³-hybridized carbons (Fsp3) is 0.312. The van der Waals surface area contributed by atoms with Crippen LogP contribution >= 0.6 is 0 Å². The number of aromatic nitrogens is 2. The Labute approximate surface area is 133 Å². The van der Waals surface area contributed by atoms with Crippen molar-refractivity contribution in [3.05, 3.63) is 41.9 Å². The van der Waals surface area contributed by atoms with Crippen LogP contribution in [0.4, 0.5) is 5.82 Å². The van der Waals surface area contributed by atoms with Gasteiger partial charge in [-0.15, -0.1) is 0 Å². The predicted octanol–water partition coefficient (Wildman–Crippen LogP) is 2.33. The summed E-state index contributed by atoms with van der Waals surface area (Å²) in [6, 6.07) is 8.08. The second-order valence-corrected chi connectivity index (χ2v) is 5.96. The molecule has 7 nitrogen and oxygen atoms in total. The standard InChI is InChI=1S/C16H16N4O3/c1-16(2,3)12-8-11(20-23-12)14(21)10(9-17)15(22)19-13-6-4-5-7-18-13/h4-8,10H,1-3H3,(H,18,19,22). The van der Waals surface area contributed by atoms with Crippen molar-refractivity contribution in [2.24, 2.45) is 5.92 Å². The van der Waals surface area contributed by atoms with Crippen LogP contribution in [-0.4, -0.2) is 21.8 Å². The molecule has 1 amide bonds. The number of hydrogen-bond acceptors (Lipinski definition) is 6. The molecule has 2 heterocycles. The Hall–Kier alpha value is -3.01. The summed E-state index contributed by atoms with van der Waals surface area (Å²) < 4.78 is 5.12. The summed E-state index contributed by atoms with van der Waals surface area (Å²) in [6.45, 7) is 5.70. The Morgan fingerprint density at radius 2 is 2.09 bits per heavy atom. The number of hydrogen-bond donors (Lipinski definition) is 1. The van der Waals surface area contributed by atoms with Crippen molar-refractivity contribution in [2.45, 2.75) is 26.2 Å². The summed E-state index contributed by atoms with van der Waals surface area (Å²) in [5, 5.41) is 15.3. The zero-order valence-corrected chi connectivity index (χ0v) is 13.0. The largest absolute Gasteiger partial charge is 0.360 e. The molecule has 118 valence electrons. The Bertz CT molecular complexity index is 754. The Morgan fingerprint density at radius 3 is 2.61 bits per heavy atom. The third kappa shape index (κ3) is 3.80. The van der Waals surface area contributed by atoms with Gasteiger partial charge in [0.1, 0.15) is 11.6 Å². The van der Waals surface area contributed by atoms with E-state index in [1.54, 1.807) is 24.3 Å². The van der Waals surface area contributed by atoms with E-state index in [4.69, 9.17) is 9.78 Å². The highest BCUT2D eigenvalue weighted by Gasteiger charge is 2.31. The monoisotopic (exact) mass is 312 g/mol. The van der Waals surface area contributed by atoms with Gasteiger partial charge in [0.15, 0.2) is 11.6 Å². The Kier molecular flexibility index (Phi) is 4.55. The molecule has 0 aromatic carbocycles. The number of pyridine rings is 1. The summed E-state index contributed by atoms with van der Waals surface area (Å²) in [6.07, 6.45) is 1.49. The van der Waals surface area contributed by atoms with Crippen molar-refractivity contribution in [1.29, 1.82) is 5.26 Å². The van der Waals surface area contributed by atoms with E-state index in [9.17, 15) is 9.59 Å². The molecule has 0 fully saturated rings. The molecule has 0 radical (unpaired) electrons. The van der Waals surface area contributed by atoms with Gasteiger partial charge >= 0.3 is 0 Å². The van der Waals surface area contributed by atoms with Crippen LogP contribution in [0.15, 0.2) is 35.0 Å². The highest BCUT2D eigenvalue weighted by atomic mass is 16.5. The number of Topliss-reactive ketones (excluding diaryl/α,β-unsaturated/α-hetero) is 1. The normalized spacial score (nSPS) is 12.3. The first-order valence-corrected chi connectivity index (χ1v) is 6.96. The van der Waals surface area contributed by atoms with Crippen LogP contribution in [0.1, 0.15) is 37.0 Å². The molecule has 0 aliphatic carbocycles. The average Bonchev–Trinajstić information content (AvgIpc) is 2.99. The predicted molar refractivity (Wildman–Crippen MR) is 81.5 cm³/mol. The number of ketones is 1. The lowest BCUT2D eigenvalue weighted by atomic mass is 9.92. The molecule has 0 saturated carbocycles. The van der Waals surface area contributed by atoms with E-state index in [-0.39, 0.29) is 16.9 Å². The van der Waals surface area contributed by atoms with E-state index >= 15 is 0 Å². The topological polar surface area (TPSA) is 109 Å². The van der Waals surface area contributed by atoms with Gasteiger partial charge in [-0.2, -0.15) is 5.26 Å². The number of anilines is 1. The lowest BCUT2D eigenvalue weighted by Gasteiger charge is -2.12. The first kappa shape index (κ1) is 16.4. The fourth-order valence-corrected chi connectivity index (χ4v) is 1.76. The third-order valence-corrected chi connectivity index (χ3v) is 3.07. The quantitative estimate of drug-likeness (QED) is 0.685. The number of nitrogens with zero attached hydrogens (tertiary/aromatic N) is 3. The zero-order valence-electron chi connectivity index (χ0n) is 13.0. The van der Waals surface area contributed by atoms with Crippen molar-refractivity contribution >= 4 is 17.5 Å². The van der Waals surface area contributed by atoms with E-state index in [1.807, 2.05) is 20.8 Å². The van der Waals surface area contributed by atoms with Gasteiger partial charge in [-0.05, 0) is 12.1 Å². The summed E-state index contributed by atoms with van der Waals surface area (Å²) in [5.41, 5.74) is -0.373. The van der Waals surface area contributed by atoms with Crippen LogP contribution in [0, 0.1) is 17.2 Å². The van der Waals surface area contributed by atoms with Crippen molar-refractivity contribution in [2.75, 3.05) is 5.32 Å². The lowest BCUT2D eigenvalue weighted by molar-refractivity contribution is -0.117. The maximum absolute atomic E-state index is 12.3. The number of nitrogens with one attached hydrogen (secondary N) is 1. The van der Waals surface area contributed by atoms with Crippen molar-refractivity contribution in [1.82, 2.24) is 10.1 Å². The molecular formula is C16H16N4O3. The van der Waals surface area contributed by atoms with E-state index < -0.39 is 17.6 Å². The first-order chi connectivity index (χ1) is 10.8. The van der Waals surface area contributed by atoms with Crippen molar-refractivity contribution in [3.8, 4) is 6.07 Å². The first-order valence-electron chi connectivity index (χ1n) is 6.96. The van der Waals surface area contributed by atoms with E-state index in [0.717, 1.165) is 0 Å². The highest BCUT2D eigenvalue weighted by Crippen LogP contribution is 2.23. The van der Waals surface area contributed by atoms with Gasteiger partial charge < -0.3 is 9.84 Å². The lowest BCUT2D eigenvalue weighted by Crippen LogP contribution is -2.29. The molecule has 0 aliphatic rings. The maximum Gasteiger partial charge on any atom is 0.250 e. The molecular weight excluding hydrogens is 296 g/mol. The molecule has 0 bridgehead atoms. The second-order valence-electron chi connectivity index (χ2n) is 5.96. The number of rotatable bonds is 4. The summed E-state index contributed by atoms with van der Waals surface area (Å²) >= 11 is 0. The Morgan fingerprint density at radius 1 is 1.35 bits per heavy atom. The molecule has 2 aromatic rings. The van der Waals surface area contributed by atoms with Crippen LogP contribution in [0.25, 0.3) is 0 Å². The van der Waals surface area contributed by atoms with Crippen molar-refractivity contribution in [3.63, 3.8) is 0 Å². The van der Waals surface area contributed by atoms with Gasteiger partial charge in [0.2, 0.25) is 5.78 Å². The fourth-order valence-electron chi connectivity index (χ4n) is 1.76. The molecule has 1 unspecified atom stereocenters. The minimum absolute atomic E-state index is 0.0438. The van der Waals surface area contributed by atoms with Crippen LogP contribution < -0.4 is 5.32 Å². The summed E-state index contributed by atoms with van der Waals surface area (Å²) in [7, 11) is 0. The smallest absolute Gasteiger partial charge is 0.250 e. The molecule has 7 heteroatoms. The van der Waals surface area contributed by atoms with E-state index in [1.165, 1.54) is 12.3 Å². The number of nitriles is 1. The summed E-state index contributed by atoms with van der Waals surface area (Å²) in [4.78, 5) is 28.3. The van der Waals surface area contributed by atoms with Crippen molar-refractivity contribution < 1.29 is 14.1 Å². The van der Waals surface area contributed by atoms with Crippen LogP contribution in [0.3, 0.4) is 0 Å². The minimum atomic E-state index is -1.52. The molecule has 0 aliphatic heterocycles. The maximum atomic E-state index is 12.3. The number of amides is 1. The van der Waals surface area contributed by atoms with Gasteiger partial charge in [-0.25, -0.2) is 4.98 Å². The molecule has 2 rings (SSSR count). The Balaban J connectivity index is 2.17. The van der Waals surface area contributed by atoms with Gasteiger partial charge in [0, 0.05) is 17.7 Å². The van der Waals surface area contributed by atoms with E-state index in [2.05, 4.69) is 15.5 Å². The van der Waals surface area contributed by atoms with Gasteiger partial charge in [0.05, 0.1) is 6.07 Å². The van der Waals surface area contributed by atoms with Gasteiger partial charge in [-0.3, -0.25) is 9.59 Å². The molecule has 1 atom stereocenters. The highest BCUT2D eigenvalue weighted by molar-refractivity contribution is 6.14.